The van der Waals surface area contributed by atoms with Crippen LogP contribution in [0.25, 0.3) is 0 Å². The summed E-state index contributed by atoms with van der Waals surface area (Å²) in [6.45, 7) is 5.64. The van der Waals surface area contributed by atoms with Gasteiger partial charge in [0.05, 0.1) is 6.04 Å². The lowest BCUT2D eigenvalue weighted by Gasteiger charge is -2.16. The molecule has 0 aliphatic heterocycles. The summed E-state index contributed by atoms with van der Waals surface area (Å²) in [5, 5.41) is 6.84. The molecule has 0 heterocycles. The maximum Gasteiger partial charge on any atom is 0.242 e. The van der Waals surface area contributed by atoms with Crippen molar-refractivity contribution in [1.82, 2.24) is 10.6 Å². The number of hydrogen-bond donors (Lipinski definition) is 3. The Kier molecular flexibility index (Phi) is 6.78. The van der Waals surface area contributed by atoms with Gasteiger partial charge in [0.15, 0.2) is 5.96 Å². The van der Waals surface area contributed by atoms with Crippen LogP contribution in [-0.4, -0.2) is 24.5 Å². The van der Waals surface area contributed by atoms with Crippen molar-refractivity contribution in [2.45, 2.75) is 32.9 Å². The van der Waals surface area contributed by atoms with Gasteiger partial charge in [-0.25, -0.2) is 4.99 Å². The van der Waals surface area contributed by atoms with Crippen LogP contribution in [0.15, 0.2) is 23.2 Å². The lowest BCUT2D eigenvalue weighted by molar-refractivity contribution is -0.120. The summed E-state index contributed by atoms with van der Waals surface area (Å²) in [5.74, 6) is 0.0133. The second-order valence-corrected chi connectivity index (χ2v) is 5.80. The van der Waals surface area contributed by atoms with Gasteiger partial charge in [-0.05, 0) is 38.5 Å². The van der Waals surface area contributed by atoms with Gasteiger partial charge in [0.2, 0.25) is 5.91 Å². The van der Waals surface area contributed by atoms with Crippen LogP contribution in [0.1, 0.15) is 32.4 Å². The molecule has 0 spiro atoms. The Morgan fingerprint density at radius 3 is 2.52 bits per heavy atom. The van der Waals surface area contributed by atoms with Crippen molar-refractivity contribution in [2.75, 3.05) is 6.54 Å². The van der Waals surface area contributed by atoms with E-state index in [1.54, 1.807) is 12.1 Å². The van der Waals surface area contributed by atoms with Crippen LogP contribution in [0, 0.1) is 0 Å². The van der Waals surface area contributed by atoms with Crippen LogP contribution < -0.4 is 16.4 Å². The van der Waals surface area contributed by atoms with Gasteiger partial charge < -0.3 is 16.4 Å². The molecule has 1 unspecified atom stereocenters. The van der Waals surface area contributed by atoms with Crippen LogP contribution in [0.3, 0.4) is 0 Å². The number of rotatable bonds is 5. The van der Waals surface area contributed by atoms with Crippen LogP contribution in [0.5, 0.6) is 0 Å². The molecule has 1 aromatic rings. The van der Waals surface area contributed by atoms with E-state index in [9.17, 15) is 4.79 Å². The van der Waals surface area contributed by atoms with E-state index in [2.05, 4.69) is 15.6 Å². The molecule has 0 saturated carbocycles. The molecular formula is C14H20Cl2N4O. The van der Waals surface area contributed by atoms with Crippen LogP contribution >= 0.6 is 23.2 Å². The molecule has 0 fully saturated rings. The van der Waals surface area contributed by atoms with Crippen molar-refractivity contribution in [3.63, 3.8) is 0 Å². The van der Waals surface area contributed by atoms with Gasteiger partial charge in [0, 0.05) is 16.1 Å². The average molecular weight is 331 g/mol. The Morgan fingerprint density at radius 1 is 1.29 bits per heavy atom. The third-order valence-electron chi connectivity index (χ3n) is 2.64. The molecule has 0 radical (unpaired) electrons. The topological polar surface area (TPSA) is 79.5 Å². The summed E-state index contributed by atoms with van der Waals surface area (Å²) in [7, 11) is 0. The molecule has 0 bridgehead atoms. The molecule has 1 amide bonds. The monoisotopic (exact) mass is 330 g/mol. The second kappa shape index (κ2) is 8.10. The maximum absolute atomic E-state index is 11.5. The number of carbonyl (C=O) groups excluding carboxylic acids is 1. The normalized spacial score (nSPS) is 13.1. The SMILES string of the molecule is CC(C)NC(=O)CN=C(N)NC(C)c1ccc(Cl)cc1Cl. The third-order valence-corrected chi connectivity index (χ3v) is 3.20. The van der Waals surface area contributed by atoms with E-state index in [1.165, 1.54) is 0 Å². The summed E-state index contributed by atoms with van der Waals surface area (Å²) < 4.78 is 0. The Hall–Kier alpha value is -1.46. The number of guanidine groups is 1. The zero-order chi connectivity index (χ0) is 16.0. The Morgan fingerprint density at radius 2 is 1.95 bits per heavy atom. The van der Waals surface area contributed by atoms with Gasteiger partial charge in [-0.2, -0.15) is 0 Å². The first-order chi connectivity index (χ1) is 9.79. The van der Waals surface area contributed by atoms with E-state index < -0.39 is 0 Å². The van der Waals surface area contributed by atoms with E-state index in [-0.39, 0.29) is 30.5 Å². The predicted octanol–water partition coefficient (Wildman–Crippen LogP) is 2.48. The van der Waals surface area contributed by atoms with Gasteiger partial charge in [-0.15, -0.1) is 0 Å². The first kappa shape index (κ1) is 17.6. The highest BCUT2D eigenvalue weighted by Gasteiger charge is 2.11. The summed E-state index contributed by atoms with van der Waals surface area (Å²) in [6.07, 6.45) is 0. The summed E-state index contributed by atoms with van der Waals surface area (Å²) in [4.78, 5) is 15.5. The molecule has 21 heavy (non-hydrogen) atoms. The van der Waals surface area contributed by atoms with E-state index in [0.717, 1.165) is 5.56 Å². The number of aliphatic imine (C=N–C) groups is 1. The molecule has 4 N–H and O–H groups in total. The Balaban J connectivity index is 2.61. The van der Waals surface area contributed by atoms with Gasteiger partial charge in [-0.1, -0.05) is 29.3 Å². The minimum Gasteiger partial charge on any atom is -0.370 e. The number of carbonyl (C=O) groups is 1. The Bertz CT molecular complexity index is 532. The van der Waals surface area contributed by atoms with Crippen molar-refractivity contribution in [2.24, 2.45) is 10.7 Å². The van der Waals surface area contributed by atoms with Crippen molar-refractivity contribution >= 4 is 35.1 Å². The van der Waals surface area contributed by atoms with Gasteiger partial charge in [0.1, 0.15) is 6.54 Å². The van der Waals surface area contributed by atoms with Crippen LogP contribution in [0.2, 0.25) is 10.0 Å². The van der Waals surface area contributed by atoms with Gasteiger partial charge in [0.25, 0.3) is 0 Å². The fourth-order valence-electron chi connectivity index (χ4n) is 1.72. The number of nitrogens with two attached hydrogens (primary N) is 1. The molecule has 5 nitrogen and oxygen atoms in total. The maximum atomic E-state index is 11.5. The highest BCUT2D eigenvalue weighted by atomic mass is 35.5. The number of hydrogen-bond acceptors (Lipinski definition) is 2. The molecule has 7 heteroatoms. The highest BCUT2D eigenvalue weighted by Crippen LogP contribution is 2.25. The summed E-state index contributed by atoms with van der Waals surface area (Å²) in [6, 6.07) is 5.17. The minimum absolute atomic E-state index is 0.0158. The van der Waals surface area contributed by atoms with Gasteiger partial charge in [-0.3, -0.25) is 4.79 Å². The molecule has 1 aromatic carbocycles. The quantitative estimate of drug-likeness (QED) is 0.573. The van der Waals surface area contributed by atoms with E-state index in [1.807, 2.05) is 26.8 Å². The zero-order valence-corrected chi connectivity index (χ0v) is 13.8. The number of amides is 1. The number of halogens is 2. The highest BCUT2D eigenvalue weighted by molar-refractivity contribution is 6.35. The number of benzene rings is 1. The molecule has 1 rings (SSSR count). The standard InChI is InChI=1S/C14H20Cl2N4O/c1-8(2)19-13(21)7-18-14(17)20-9(3)11-5-4-10(15)6-12(11)16/h4-6,8-9H,7H2,1-3H3,(H,19,21)(H3,17,18,20). The predicted molar refractivity (Wildman–Crippen MR) is 87.8 cm³/mol. The minimum atomic E-state index is -0.174. The van der Waals surface area contributed by atoms with E-state index >= 15 is 0 Å². The third kappa shape index (κ3) is 6.23. The fraction of sp³-hybridized carbons (Fsp3) is 0.429. The van der Waals surface area contributed by atoms with Gasteiger partial charge >= 0.3 is 0 Å². The van der Waals surface area contributed by atoms with Crippen molar-refractivity contribution < 1.29 is 4.79 Å². The van der Waals surface area contributed by atoms with Crippen molar-refractivity contribution in [3.8, 4) is 0 Å². The Labute approximate surface area is 134 Å². The van der Waals surface area contributed by atoms with E-state index in [0.29, 0.717) is 10.0 Å². The molecule has 0 aliphatic rings. The largest absolute Gasteiger partial charge is 0.370 e. The van der Waals surface area contributed by atoms with Crippen LogP contribution in [-0.2, 0) is 4.79 Å². The molecule has 1 atom stereocenters. The first-order valence-electron chi connectivity index (χ1n) is 6.60. The molecule has 0 saturated heterocycles. The first-order valence-corrected chi connectivity index (χ1v) is 7.36. The van der Waals surface area contributed by atoms with Crippen LogP contribution in [0.4, 0.5) is 0 Å². The fourth-order valence-corrected chi connectivity index (χ4v) is 2.29. The molecule has 116 valence electrons. The zero-order valence-electron chi connectivity index (χ0n) is 12.3. The lowest BCUT2D eigenvalue weighted by atomic mass is 10.1. The average Bonchev–Trinajstić information content (AvgIpc) is 2.35. The van der Waals surface area contributed by atoms with E-state index in [4.69, 9.17) is 28.9 Å². The van der Waals surface area contributed by atoms with Crippen molar-refractivity contribution in [1.29, 1.82) is 0 Å². The molecule has 0 aromatic heterocycles. The summed E-state index contributed by atoms with van der Waals surface area (Å²) in [5.41, 5.74) is 6.61. The second-order valence-electron chi connectivity index (χ2n) is 4.96. The smallest absolute Gasteiger partial charge is 0.242 e. The molecule has 0 aliphatic carbocycles. The lowest BCUT2D eigenvalue weighted by Crippen LogP contribution is -2.36. The number of nitrogens with one attached hydrogen (secondary N) is 2. The number of nitrogens with zero attached hydrogens (tertiary/aromatic N) is 1. The molecular weight excluding hydrogens is 311 g/mol. The summed E-state index contributed by atoms with van der Waals surface area (Å²) >= 11 is 12.0. The van der Waals surface area contributed by atoms with Crippen molar-refractivity contribution in [3.05, 3.63) is 33.8 Å².